The molecule has 18 heavy (non-hydrogen) atoms. The van der Waals surface area contributed by atoms with Crippen LogP contribution in [0.4, 0.5) is 5.69 Å². The Morgan fingerprint density at radius 1 is 1.50 bits per heavy atom. The van der Waals surface area contributed by atoms with Crippen molar-refractivity contribution in [1.82, 2.24) is 4.90 Å². The summed E-state index contributed by atoms with van der Waals surface area (Å²) in [5.41, 5.74) is 1.06. The molecule has 4 heteroatoms. The fourth-order valence-corrected chi connectivity index (χ4v) is 2.74. The standard InChI is InChI=1S/C14H21ClN2O/c1-17-7-3-4-11(10-17)9-16-12-5-6-14(18-2)13(15)8-12/h5-6,8,11,16H,3-4,7,9-10H2,1-2H3. The molecule has 1 fully saturated rings. The van der Waals surface area contributed by atoms with Crippen molar-refractivity contribution in [2.75, 3.05) is 39.1 Å². The Morgan fingerprint density at radius 3 is 3.00 bits per heavy atom. The summed E-state index contributed by atoms with van der Waals surface area (Å²) in [6, 6.07) is 5.84. The van der Waals surface area contributed by atoms with E-state index in [4.69, 9.17) is 16.3 Å². The van der Waals surface area contributed by atoms with E-state index in [0.29, 0.717) is 5.02 Å². The highest BCUT2D eigenvalue weighted by molar-refractivity contribution is 6.32. The Labute approximate surface area is 114 Å². The monoisotopic (exact) mass is 268 g/mol. The van der Waals surface area contributed by atoms with Crippen LogP contribution in [0.25, 0.3) is 0 Å². The van der Waals surface area contributed by atoms with Crippen molar-refractivity contribution < 1.29 is 4.74 Å². The molecular formula is C14H21ClN2O. The second-order valence-corrected chi connectivity index (χ2v) is 5.41. The summed E-state index contributed by atoms with van der Waals surface area (Å²) in [5.74, 6) is 1.45. The lowest BCUT2D eigenvalue weighted by molar-refractivity contribution is 0.217. The van der Waals surface area contributed by atoms with E-state index in [9.17, 15) is 0 Å². The van der Waals surface area contributed by atoms with Crippen LogP contribution in [-0.2, 0) is 0 Å². The molecule has 1 N–H and O–H groups in total. The maximum atomic E-state index is 6.10. The van der Waals surface area contributed by atoms with Gasteiger partial charge in [0.25, 0.3) is 0 Å². The zero-order valence-corrected chi connectivity index (χ0v) is 11.8. The number of likely N-dealkylation sites (tertiary alicyclic amines) is 1. The SMILES string of the molecule is COc1ccc(NCC2CCCN(C)C2)cc1Cl. The first-order valence-electron chi connectivity index (χ1n) is 6.45. The molecule has 1 aromatic rings. The molecule has 0 spiro atoms. The third kappa shape index (κ3) is 3.53. The van der Waals surface area contributed by atoms with Crippen LogP contribution in [0.3, 0.4) is 0 Å². The first kappa shape index (κ1) is 13.5. The van der Waals surface area contributed by atoms with Gasteiger partial charge in [-0.2, -0.15) is 0 Å². The molecule has 0 aromatic heterocycles. The summed E-state index contributed by atoms with van der Waals surface area (Å²) in [6.45, 7) is 3.41. The van der Waals surface area contributed by atoms with Crippen molar-refractivity contribution >= 4 is 17.3 Å². The van der Waals surface area contributed by atoms with Crippen LogP contribution < -0.4 is 10.1 Å². The number of anilines is 1. The first-order chi connectivity index (χ1) is 8.69. The zero-order valence-electron chi connectivity index (χ0n) is 11.1. The van der Waals surface area contributed by atoms with Gasteiger partial charge in [-0.15, -0.1) is 0 Å². The smallest absolute Gasteiger partial charge is 0.137 e. The summed E-state index contributed by atoms with van der Waals surface area (Å²) >= 11 is 6.10. The van der Waals surface area contributed by atoms with Crippen molar-refractivity contribution in [3.8, 4) is 5.75 Å². The summed E-state index contributed by atoms with van der Waals surface area (Å²) in [7, 11) is 3.82. The summed E-state index contributed by atoms with van der Waals surface area (Å²) in [4.78, 5) is 2.40. The fourth-order valence-electron chi connectivity index (χ4n) is 2.48. The first-order valence-corrected chi connectivity index (χ1v) is 6.83. The minimum atomic E-state index is 0.656. The normalized spacial score (nSPS) is 20.7. The zero-order chi connectivity index (χ0) is 13.0. The van der Waals surface area contributed by atoms with Crippen molar-refractivity contribution in [1.29, 1.82) is 0 Å². The maximum absolute atomic E-state index is 6.10. The Balaban J connectivity index is 1.88. The Morgan fingerprint density at radius 2 is 2.33 bits per heavy atom. The number of methoxy groups -OCH3 is 1. The highest BCUT2D eigenvalue weighted by Gasteiger charge is 2.16. The third-order valence-corrected chi connectivity index (χ3v) is 3.76. The van der Waals surface area contributed by atoms with E-state index in [1.165, 1.54) is 25.9 Å². The topological polar surface area (TPSA) is 24.5 Å². The molecule has 1 saturated heterocycles. The van der Waals surface area contributed by atoms with Gasteiger partial charge in [-0.1, -0.05) is 11.6 Å². The predicted molar refractivity (Wildman–Crippen MR) is 76.7 cm³/mol. The van der Waals surface area contributed by atoms with Crippen LogP contribution in [0.1, 0.15) is 12.8 Å². The lowest BCUT2D eigenvalue weighted by Crippen LogP contribution is -2.35. The van der Waals surface area contributed by atoms with Gasteiger partial charge in [-0.3, -0.25) is 0 Å². The van der Waals surface area contributed by atoms with Gasteiger partial charge in [-0.05, 0) is 50.6 Å². The van der Waals surface area contributed by atoms with Crippen molar-refractivity contribution in [3.63, 3.8) is 0 Å². The van der Waals surface area contributed by atoms with Crippen molar-refractivity contribution in [2.45, 2.75) is 12.8 Å². The quantitative estimate of drug-likeness (QED) is 0.908. The predicted octanol–water partition coefficient (Wildman–Crippen LogP) is 3.10. The molecular weight excluding hydrogens is 248 g/mol. The number of benzene rings is 1. The molecule has 0 aliphatic carbocycles. The highest BCUT2D eigenvalue weighted by atomic mass is 35.5. The Hall–Kier alpha value is -0.930. The number of hydrogen-bond donors (Lipinski definition) is 1. The van der Waals surface area contributed by atoms with E-state index < -0.39 is 0 Å². The van der Waals surface area contributed by atoms with Gasteiger partial charge in [0.2, 0.25) is 0 Å². The highest BCUT2D eigenvalue weighted by Crippen LogP contribution is 2.27. The fraction of sp³-hybridized carbons (Fsp3) is 0.571. The van der Waals surface area contributed by atoms with E-state index in [2.05, 4.69) is 17.3 Å². The van der Waals surface area contributed by atoms with Crippen LogP contribution in [0.15, 0.2) is 18.2 Å². The van der Waals surface area contributed by atoms with Gasteiger partial charge in [0.15, 0.2) is 0 Å². The lowest BCUT2D eigenvalue weighted by atomic mass is 9.98. The molecule has 0 amide bonds. The lowest BCUT2D eigenvalue weighted by Gasteiger charge is -2.30. The van der Waals surface area contributed by atoms with Gasteiger partial charge in [0, 0.05) is 18.8 Å². The van der Waals surface area contributed by atoms with Gasteiger partial charge in [0.05, 0.1) is 12.1 Å². The second kappa shape index (κ2) is 6.30. The van der Waals surface area contributed by atoms with Crippen LogP contribution >= 0.6 is 11.6 Å². The number of rotatable bonds is 4. The molecule has 0 bridgehead atoms. The van der Waals surface area contributed by atoms with E-state index in [0.717, 1.165) is 23.9 Å². The molecule has 0 saturated carbocycles. The molecule has 3 nitrogen and oxygen atoms in total. The van der Waals surface area contributed by atoms with E-state index in [1.54, 1.807) is 7.11 Å². The minimum absolute atomic E-state index is 0.656. The van der Waals surface area contributed by atoms with Crippen LogP contribution in [-0.4, -0.2) is 38.7 Å². The molecule has 1 aliphatic rings. The molecule has 100 valence electrons. The molecule has 0 radical (unpaired) electrons. The van der Waals surface area contributed by atoms with Gasteiger partial charge in [-0.25, -0.2) is 0 Å². The van der Waals surface area contributed by atoms with Gasteiger partial charge in [0.1, 0.15) is 5.75 Å². The Bertz CT molecular complexity index is 397. The molecule has 1 aromatic carbocycles. The Kier molecular flexibility index (Phi) is 4.72. The summed E-state index contributed by atoms with van der Waals surface area (Å²) in [5, 5.41) is 4.12. The van der Waals surface area contributed by atoms with Gasteiger partial charge >= 0.3 is 0 Å². The van der Waals surface area contributed by atoms with E-state index in [1.807, 2.05) is 18.2 Å². The molecule has 1 aliphatic heterocycles. The van der Waals surface area contributed by atoms with Crippen LogP contribution in [0.5, 0.6) is 5.75 Å². The molecule has 2 rings (SSSR count). The number of piperidine rings is 1. The molecule has 1 unspecified atom stereocenters. The number of ether oxygens (including phenoxy) is 1. The number of nitrogens with one attached hydrogen (secondary N) is 1. The van der Waals surface area contributed by atoms with E-state index in [-0.39, 0.29) is 0 Å². The number of nitrogens with zero attached hydrogens (tertiary/aromatic N) is 1. The summed E-state index contributed by atoms with van der Waals surface area (Å²) < 4.78 is 5.14. The van der Waals surface area contributed by atoms with Crippen molar-refractivity contribution in [2.24, 2.45) is 5.92 Å². The average molecular weight is 269 g/mol. The van der Waals surface area contributed by atoms with Gasteiger partial charge < -0.3 is 15.0 Å². The molecule has 1 atom stereocenters. The average Bonchev–Trinajstić information content (AvgIpc) is 2.37. The largest absolute Gasteiger partial charge is 0.495 e. The molecule has 1 heterocycles. The summed E-state index contributed by atoms with van der Waals surface area (Å²) in [6.07, 6.45) is 2.60. The van der Waals surface area contributed by atoms with Crippen molar-refractivity contribution in [3.05, 3.63) is 23.2 Å². The van der Waals surface area contributed by atoms with E-state index >= 15 is 0 Å². The number of hydrogen-bond acceptors (Lipinski definition) is 3. The maximum Gasteiger partial charge on any atom is 0.137 e. The van der Waals surface area contributed by atoms with Crippen LogP contribution in [0.2, 0.25) is 5.02 Å². The third-order valence-electron chi connectivity index (χ3n) is 3.47. The second-order valence-electron chi connectivity index (χ2n) is 5.00. The minimum Gasteiger partial charge on any atom is -0.495 e. The number of halogens is 1. The van der Waals surface area contributed by atoms with Crippen LogP contribution in [0, 0.1) is 5.92 Å².